The molecule has 1 heterocycles. The number of nitrogens with one attached hydrogen (secondary N) is 2. The molecule has 9 heteroatoms. The lowest BCUT2D eigenvalue weighted by Gasteiger charge is -2.14. The summed E-state index contributed by atoms with van der Waals surface area (Å²) in [6, 6.07) is 6.47. The molecule has 0 spiro atoms. The minimum Gasteiger partial charge on any atom is -0.496 e. The molecule has 1 aromatic carbocycles. The summed E-state index contributed by atoms with van der Waals surface area (Å²) in [4.78, 5) is 27.5. The van der Waals surface area contributed by atoms with Gasteiger partial charge in [0.2, 0.25) is 5.91 Å². The molecule has 144 valence electrons. The van der Waals surface area contributed by atoms with E-state index in [4.69, 9.17) is 4.74 Å². The van der Waals surface area contributed by atoms with Crippen molar-refractivity contribution in [3.8, 4) is 5.75 Å². The van der Waals surface area contributed by atoms with Gasteiger partial charge in [0, 0.05) is 24.7 Å². The molecule has 2 rings (SSSR count). The van der Waals surface area contributed by atoms with Crippen molar-refractivity contribution in [1.29, 1.82) is 0 Å². The van der Waals surface area contributed by atoms with Gasteiger partial charge >= 0.3 is 6.18 Å². The van der Waals surface area contributed by atoms with Crippen molar-refractivity contribution < 1.29 is 27.5 Å². The van der Waals surface area contributed by atoms with Gasteiger partial charge in [0.15, 0.2) is 0 Å². The Morgan fingerprint density at radius 2 is 1.89 bits per heavy atom. The maximum absolute atomic E-state index is 13.1. The molecule has 0 aliphatic heterocycles. The number of aryl methyl sites for hydroxylation is 1. The molecule has 2 aromatic rings. The highest BCUT2D eigenvalue weighted by Gasteiger charge is 2.34. The van der Waals surface area contributed by atoms with E-state index in [1.54, 1.807) is 6.92 Å². The van der Waals surface area contributed by atoms with Crippen LogP contribution in [-0.4, -0.2) is 23.9 Å². The standard InChI is InChI=1S/C18H18F3N3O3/c1-10-6-13(8-16(23-10)24-11(2)25)17(26)22-9-12-4-5-15(27-3)14(7-12)18(19,20)21/h4-8H,9H2,1-3H3,(H,22,26)(H,23,24,25). The molecule has 0 aliphatic rings. The summed E-state index contributed by atoms with van der Waals surface area (Å²) in [5, 5.41) is 5.03. The summed E-state index contributed by atoms with van der Waals surface area (Å²) in [5.74, 6) is -0.910. The summed E-state index contributed by atoms with van der Waals surface area (Å²) >= 11 is 0. The van der Waals surface area contributed by atoms with Crippen LogP contribution >= 0.6 is 0 Å². The fourth-order valence-electron chi connectivity index (χ4n) is 2.42. The van der Waals surface area contributed by atoms with Crippen molar-refractivity contribution in [2.24, 2.45) is 0 Å². The van der Waals surface area contributed by atoms with Gasteiger partial charge in [0.05, 0.1) is 12.7 Å². The molecule has 0 saturated carbocycles. The zero-order valence-electron chi connectivity index (χ0n) is 14.9. The van der Waals surface area contributed by atoms with E-state index < -0.39 is 17.6 Å². The zero-order valence-corrected chi connectivity index (χ0v) is 14.9. The number of carbonyl (C=O) groups is 2. The first-order valence-corrected chi connectivity index (χ1v) is 7.88. The van der Waals surface area contributed by atoms with Crippen LogP contribution in [0.4, 0.5) is 19.0 Å². The Bertz CT molecular complexity index is 867. The average Bonchev–Trinajstić information content (AvgIpc) is 2.57. The first kappa shape index (κ1) is 20.2. The number of hydrogen-bond donors (Lipinski definition) is 2. The van der Waals surface area contributed by atoms with Crippen molar-refractivity contribution in [3.63, 3.8) is 0 Å². The lowest BCUT2D eigenvalue weighted by molar-refractivity contribution is -0.138. The maximum atomic E-state index is 13.1. The van der Waals surface area contributed by atoms with Crippen LogP contribution in [0.1, 0.15) is 34.1 Å². The Balaban J connectivity index is 2.16. The number of amides is 2. The number of anilines is 1. The number of aromatic nitrogens is 1. The van der Waals surface area contributed by atoms with E-state index in [1.165, 1.54) is 31.2 Å². The third-order valence-electron chi connectivity index (χ3n) is 3.54. The molecule has 0 unspecified atom stereocenters. The normalized spacial score (nSPS) is 11.0. The second kappa shape index (κ2) is 8.07. The number of rotatable bonds is 5. The Labute approximate surface area is 153 Å². The smallest absolute Gasteiger partial charge is 0.419 e. The highest BCUT2D eigenvalue weighted by atomic mass is 19.4. The number of benzene rings is 1. The molecular formula is C18H18F3N3O3. The van der Waals surface area contributed by atoms with E-state index in [0.29, 0.717) is 5.69 Å². The Morgan fingerprint density at radius 1 is 1.19 bits per heavy atom. The van der Waals surface area contributed by atoms with Crippen LogP contribution in [0.15, 0.2) is 30.3 Å². The number of methoxy groups -OCH3 is 1. The summed E-state index contributed by atoms with van der Waals surface area (Å²) in [7, 11) is 1.16. The van der Waals surface area contributed by atoms with Crippen molar-refractivity contribution in [3.05, 3.63) is 52.7 Å². The largest absolute Gasteiger partial charge is 0.496 e. The molecule has 27 heavy (non-hydrogen) atoms. The van der Waals surface area contributed by atoms with Crippen LogP contribution in [0, 0.1) is 6.92 Å². The topological polar surface area (TPSA) is 80.3 Å². The first-order chi connectivity index (χ1) is 12.6. The van der Waals surface area contributed by atoms with E-state index in [-0.39, 0.29) is 35.1 Å². The number of carbonyl (C=O) groups excluding carboxylic acids is 2. The second-order valence-corrected chi connectivity index (χ2v) is 5.78. The lowest BCUT2D eigenvalue weighted by atomic mass is 10.1. The van der Waals surface area contributed by atoms with Gasteiger partial charge in [-0.25, -0.2) is 4.98 Å². The fourth-order valence-corrected chi connectivity index (χ4v) is 2.42. The van der Waals surface area contributed by atoms with E-state index >= 15 is 0 Å². The van der Waals surface area contributed by atoms with Gasteiger partial charge in [-0.3, -0.25) is 9.59 Å². The van der Waals surface area contributed by atoms with Gasteiger partial charge < -0.3 is 15.4 Å². The van der Waals surface area contributed by atoms with Crippen molar-refractivity contribution in [2.75, 3.05) is 12.4 Å². The molecule has 0 fully saturated rings. The summed E-state index contributed by atoms with van der Waals surface area (Å²) < 4.78 is 43.9. The average molecular weight is 381 g/mol. The van der Waals surface area contributed by atoms with Crippen molar-refractivity contribution in [2.45, 2.75) is 26.6 Å². The number of pyridine rings is 1. The van der Waals surface area contributed by atoms with E-state index in [2.05, 4.69) is 15.6 Å². The molecule has 6 nitrogen and oxygen atoms in total. The SMILES string of the molecule is COc1ccc(CNC(=O)c2cc(C)nc(NC(C)=O)c2)cc1C(F)(F)F. The van der Waals surface area contributed by atoms with Crippen LogP contribution in [0.2, 0.25) is 0 Å². The highest BCUT2D eigenvalue weighted by molar-refractivity contribution is 5.96. The number of alkyl halides is 3. The second-order valence-electron chi connectivity index (χ2n) is 5.78. The first-order valence-electron chi connectivity index (χ1n) is 7.88. The quantitative estimate of drug-likeness (QED) is 0.833. The highest BCUT2D eigenvalue weighted by Crippen LogP contribution is 2.36. The molecule has 0 saturated heterocycles. The van der Waals surface area contributed by atoms with Gasteiger partial charge in [-0.15, -0.1) is 0 Å². The molecule has 0 aliphatic carbocycles. The van der Waals surface area contributed by atoms with Crippen LogP contribution in [0.5, 0.6) is 5.75 Å². The van der Waals surface area contributed by atoms with Gasteiger partial charge in [-0.2, -0.15) is 13.2 Å². The predicted octanol–water partition coefficient (Wildman–Crippen LogP) is 3.31. The number of halogens is 3. The van der Waals surface area contributed by atoms with Crippen LogP contribution < -0.4 is 15.4 Å². The number of ether oxygens (including phenoxy) is 1. The maximum Gasteiger partial charge on any atom is 0.419 e. The Morgan fingerprint density at radius 3 is 2.48 bits per heavy atom. The molecule has 2 N–H and O–H groups in total. The van der Waals surface area contributed by atoms with Gasteiger partial charge in [-0.1, -0.05) is 6.07 Å². The van der Waals surface area contributed by atoms with Gasteiger partial charge in [0.1, 0.15) is 11.6 Å². The molecule has 0 atom stereocenters. The number of nitrogens with zero attached hydrogens (tertiary/aromatic N) is 1. The lowest BCUT2D eigenvalue weighted by Crippen LogP contribution is -2.23. The fraction of sp³-hybridized carbons (Fsp3) is 0.278. The van der Waals surface area contributed by atoms with Crippen LogP contribution in [0.25, 0.3) is 0 Å². The van der Waals surface area contributed by atoms with Crippen LogP contribution in [-0.2, 0) is 17.5 Å². The molecule has 0 bridgehead atoms. The van der Waals surface area contributed by atoms with E-state index in [9.17, 15) is 22.8 Å². The minimum atomic E-state index is -4.57. The van der Waals surface area contributed by atoms with Crippen molar-refractivity contribution in [1.82, 2.24) is 10.3 Å². The number of hydrogen-bond acceptors (Lipinski definition) is 4. The Kier molecular flexibility index (Phi) is 6.04. The molecule has 2 amide bonds. The van der Waals surface area contributed by atoms with E-state index in [1.807, 2.05) is 0 Å². The van der Waals surface area contributed by atoms with Gasteiger partial charge in [-0.05, 0) is 36.8 Å². The van der Waals surface area contributed by atoms with Crippen LogP contribution in [0.3, 0.4) is 0 Å². The third-order valence-corrected chi connectivity index (χ3v) is 3.54. The minimum absolute atomic E-state index is 0.108. The Hall–Kier alpha value is -3.10. The molecule has 1 aromatic heterocycles. The van der Waals surface area contributed by atoms with Gasteiger partial charge in [0.25, 0.3) is 5.91 Å². The molecular weight excluding hydrogens is 363 g/mol. The summed E-state index contributed by atoms with van der Waals surface area (Å²) in [5.41, 5.74) is 0.0970. The van der Waals surface area contributed by atoms with E-state index in [0.717, 1.165) is 13.2 Å². The summed E-state index contributed by atoms with van der Waals surface area (Å²) in [6.07, 6.45) is -4.57. The van der Waals surface area contributed by atoms with Crippen molar-refractivity contribution >= 4 is 17.6 Å². The third kappa shape index (κ3) is 5.44. The zero-order chi connectivity index (χ0) is 20.2. The summed E-state index contributed by atoms with van der Waals surface area (Å²) in [6.45, 7) is 2.86. The molecule has 0 radical (unpaired) electrons. The monoisotopic (exact) mass is 381 g/mol. The predicted molar refractivity (Wildman–Crippen MR) is 92.4 cm³/mol.